The number of hydrogen-bond acceptors (Lipinski definition) is 4. The van der Waals surface area contributed by atoms with Crippen LogP contribution in [0, 0.1) is 17.2 Å². The van der Waals surface area contributed by atoms with Crippen molar-refractivity contribution in [3.05, 3.63) is 48.0 Å². The van der Waals surface area contributed by atoms with Crippen LogP contribution in [0.25, 0.3) is 10.8 Å². The molecule has 1 saturated heterocycles. The highest BCUT2D eigenvalue weighted by atomic mass is 16.2. The summed E-state index contributed by atoms with van der Waals surface area (Å²) < 4.78 is 0. The van der Waals surface area contributed by atoms with E-state index in [0.717, 1.165) is 15.7 Å². The number of nitrogens with zero attached hydrogens (tertiary/aromatic N) is 2. The highest BCUT2D eigenvalue weighted by molar-refractivity contribution is 6.09. The molecule has 7 nitrogen and oxygen atoms in total. The second-order valence-corrected chi connectivity index (χ2v) is 8.03. The van der Waals surface area contributed by atoms with Crippen molar-refractivity contribution in [3.8, 4) is 6.07 Å². The first-order valence-electron chi connectivity index (χ1n) is 9.46. The lowest BCUT2D eigenvalue weighted by atomic mass is 9.89. The number of amides is 4. The molecule has 7 heteroatoms. The summed E-state index contributed by atoms with van der Waals surface area (Å²) in [5.41, 5.74) is -1.71. The number of imide groups is 1. The van der Waals surface area contributed by atoms with Crippen molar-refractivity contribution < 1.29 is 14.4 Å². The van der Waals surface area contributed by atoms with Crippen LogP contribution in [0.4, 0.5) is 4.79 Å². The normalized spacial score (nSPS) is 21.0. The van der Waals surface area contributed by atoms with Gasteiger partial charge in [-0.25, -0.2) is 4.79 Å². The minimum Gasteiger partial charge on any atom is -0.336 e. The molecule has 0 saturated carbocycles. The van der Waals surface area contributed by atoms with Crippen molar-refractivity contribution in [1.29, 1.82) is 5.26 Å². The van der Waals surface area contributed by atoms with Gasteiger partial charge in [-0.2, -0.15) is 5.26 Å². The van der Waals surface area contributed by atoms with Crippen molar-refractivity contribution in [2.75, 3.05) is 6.54 Å². The maximum atomic E-state index is 13.1. The molecule has 2 aromatic carbocycles. The average molecular weight is 392 g/mol. The molecule has 2 aromatic rings. The third-order valence-electron chi connectivity index (χ3n) is 5.69. The van der Waals surface area contributed by atoms with E-state index in [4.69, 9.17) is 0 Å². The van der Waals surface area contributed by atoms with Crippen LogP contribution >= 0.6 is 0 Å². The molecule has 0 bridgehead atoms. The molecule has 2 N–H and O–H groups in total. The zero-order valence-electron chi connectivity index (χ0n) is 16.9. The number of urea groups is 1. The van der Waals surface area contributed by atoms with Crippen molar-refractivity contribution in [2.45, 2.75) is 38.8 Å². The fourth-order valence-electron chi connectivity index (χ4n) is 3.31. The van der Waals surface area contributed by atoms with Crippen molar-refractivity contribution in [3.63, 3.8) is 0 Å². The van der Waals surface area contributed by atoms with E-state index < -0.39 is 35.5 Å². The predicted octanol–water partition coefficient (Wildman–Crippen LogP) is 2.66. The molecular formula is C22H24N4O3. The molecule has 1 aliphatic heterocycles. The summed E-state index contributed by atoms with van der Waals surface area (Å²) >= 11 is 0. The molecule has 0 spiro atoms. The van der Waals surface area contributed by atoms with Crippen LogP contribution in [0.2, 0.25) is 0 Å². The third kappa shape index (κ3) is 3.54. The number of rotatable bonds is 5. The van der Waals surface area contributed by atoms with Gasteiger partial charge in [-0.1, -0.05) is 50.2 Å². The molecule has 3 rings (SSSR count). The number of nitrogens with one attached hydrogen (secondary N) is 2. The molecule has 0 aromatic heterocycles. The minimum atomic E-state index is -1.27. The number of hydrogen-bond donors (Lipinski definition) is 2. The summed E-state index contributed by atoms with van der Waals surface area (Å²) in [5, 5.41) is 16.7. The molecule has 0 aliphatic carbocycles. The zero-order valence-corrected chi connectivity index (χ0v) is 16.9. The Kier molecular flexibility index (Phi) is 5.05. The first-order valence-corrected chi connectivity index (χ1v) is 9.46. The lowest BCUT2D eigenvalue weighted by molar-refractivity contribution is -0.135. The Bertz CT molecular complexity index is 1040. The van der Waals surface area contributed by atoms with Gasteiger partial charge in [0.1, 0.15) is 17.6 Å². The van der Waals surface area contributed by atoms with Crippen molar-refractivity contribution in [2.24, 2.45) is 5.92 Å². The van der Waals surface area contributed by atoms with E-state index in [9.17, 15) is 19.6 Å². The molecule has 150 valence electrons. The van der Waals surface area contributed by atoms with Gasteiger partial charge in [0, 0.05) is 0 Å². The highest BCUT2D eigenvalue weighted by Crippen LogP contribution is 2.31. The van der Waals surface area contributed by atoms with Gasteiger partial charge in [-0.15, -0.1) is 0 Å². The topological polar surface area (TPSA) is 102 Å². The maximum absolute atomic E-state index is 13.1. The molecule has 1 fully saturated rings. The van der Waals surface area contributed by atoms with Crippen LogP contribution < -0.4 is 10.6 Å². The van der Waals surface area contributed by atoms with Crippen LogP contribution in [0.3, 0.4) is 0 Å². The summed E-state index contributed by atoms with van der Waals surface area (Å²) in [5.74, 6) is -1.20. The van der Waals surface area contributed by atoms with E-state index in [1.165, 1.54) is 0 Å². The summed E-state index contributed by atoms with van der Waals surface area (Å²) in [6, 6.07) is 14.7. The summed E-state index contributed by atoms with van der Waals surface area (Å²) in [4.78, 5) is 38.9. The second-order valence-electron chi connectivity index (χ2n) is 8.03. The van der Waals surface area contributed by atoms with Gasteiger partial charge < -0.3 is 10.6 Å². The first kappa shape index (κ1) is 20.3. The summed E-state index contributed by atoms with van der Waals surface area (Å²) in [7, 11) is 0. The monoisotopic (exact) mass is 392 g/mol. The smallest absolute Gasteiger partial charge is 0.325 e. The van der Waals surface area contributed by atoms with Gasteiger partial charge in [0.05, 0.1) is 6.07 Å². The van der Waals surface area contributed by atoms with Gasteiger partial charge in [0.2, 0.25) is 5.91 Å². The fraction of sp³-hybridized carbons (Fsp3) is 0.364. The first-order chi connectivity index (χ1) is 13.6. The lowest BCUT2D eigenvalue weighted by Gasteiger charge is -2.28. The van der Waals surface area contributed by atoms with Crippen LogP contribution in [0.1, 0.15) is 33.3 Å². The molecule has 0 unspecified atom stereocenters. The van der Waals surface area contributed by atoms with Crippen LogP contribution in [0.5, 0.6) is 0 Å². The van der Waals surface area contributed by atoms with Crippen molar-refractivity contribution in [1.82, 2.24) is 15.5 Å². The Morgan fingerprint density at radius 3 is 2.52 bits per heavy atom. The van der Waals surface area contributed by atoms with E-state index in [-0.39, 0.29) is 5.92 Å². The molecule has 4 amide bonds. The SMILES string of the molecule is CC(C)[C@@](C)(C#N)NC(=O)CN1C(=O)N[C@](C)(c2ccc3ccccc3c2)C1=O. The molecule has 0 radical (unpaired) electrons. The van der Waals surface area contributed by atoms with Gasteiger partial charge in [0.25, 0.3) is 5.91 Å². The Morgan fingerprint density at radius 1 is 1.24 bits per heavy atom. The molecule has 1 heterocycles. The summed E-state index contributed by atoms with van der Waals surface area (Å²) in [6.07, 6.45) is 0. The van der Waals surface area contributed by atoms with Gasteiger partial charge in [-0.3, -0.25) is 14.5 Å². The Morgan fingerprint density at radius 2 is 1.90 bits per heavy atom. The van der Waals surface area contributed by atoms with Gasteiger partial charge >= 0.3 is 6.03 Å². The molecule has 1 aliphatic rings. The number of fused-ring (bicyclic) bond motifs is 1. The van der Waals surface area contributed by atoms with E-state index >= 15 is 0 Å². The zero-order chi connectivity index (χ0) is 21.4. The number of nitriles is 1. The Hall–Kier alpha value is -3.40. The molecule has 2 atom stereocenters. The van der Waals surface area contributed by atoms with Gasteiger partial charge in [0.15, 0.2) is 0 Å². The quantitative estimate of drug-likeness (QED) is 0.764. The van der Waals surface area contributed by atoms with E-state index in [2.05, 4.69) is 16.7 Å². The largest absolute Gasteiger partial charge is 0.336 e. The predicted molar refractivity (Wildman–Crippen MR) is 109 cm³/mol. The van der Waals surface area contributed by atoms with E-state index in [1.54, 1.807) is 19.9 Å². The van der Waals surface area contributed by atoms with Crippen LogP contribution in [-0.2, 0) is 15.1 Å². The second kappa shape index (κ2) is 7.21. The van der Waals surface area contributed by atoms with E-state index in [0.29, 0.717) is 5.56 Å². The number of carbonyl (C=O) groups excluding carboxylic acids is 3. The maximum Gasteiger partial charge on any atom is 0.325 e. The number of carbonyl (C=O) groups is 3. The summed E-state index contributed by atoms with van der Waals surface area (Å²) in [6.45, 7) is 6.42. The Labute approximate surface area is 169 Å². The van der Waals surface area contributed by atoms with Gasteiger partial charge in [-0.05, 0) is 42.2 Å². The fourth-order valence-corrected chi connectivity index (χ4v) is 3.31. The number of benzene rings is 2. The minimum absolute atomic E-state index is 0.137. The third-order valence-corrected chi connectivity index (χ3v) is 5.69. The van der Waals surface area contributed by atoms with Crippen LogP contribution in [0.15, 0.2) is 42.5 Å². The Balaban J connectivity index is 1.83. The molecule has 29 heavy (non-hydrogen) atoms. The van der Waals surface area contributed by atoms with E-state index in [1.807, 2.05) is 50.2 Å². The highest BCUT2D eigenvalue weighted by Gasteiger charge is 2.49. The van der Waals surface area contributed by atoms with Crippen LogP contribution in [-0.4, -0.2) is 34.8 Å². The lowest BCUT2D eigenvalue weighted by Crippen LogP contribution is -2.52. The molecular weight excluding hydrogens is 368 g/mol. The average Bonchev–Trinajstić information content (AvgIpc) is 2.91. The van der Waals surface area contributed by atoms with Crippen molar-refractivity contribution >= 4 is 28.6 Å². The standard InChI is InChI=1S/C22H24N4O3/c1-14(2)21(3,13-23)24-18(27)12-26-19(28)22(4,25-20(26)29)17-10-9-15-7-5-6-8-16(15)11-17/h5-11,14H,12H2,1-4H3,(H,24,27)(H,25,29)/t21-,22-/m1/s1.